The molecule has 0 spiro atoms. The Hall–Kier alpha value is -3.24. The first-order valence-corrected chi connectivity index (χ1v) is 13.5. The average molecular weight is 587 g/mol. The molecule has 2 aromatic carbocycles. The number of hydrogen-bond donors (Lipinski definition) is 0. The highest BCUT2D eigenvalue weighted by molar-refractivity contribution is 5.74. The number of benzene rings is 2. The number of piperidine rings is 1. The van der Waals surface area contributed by atoms with Crippen molar-refractivity contribution in [3.05, 3.63) is 70.8 Å². The van der Waals surface area contributed by atoms with Gasteiger partial charge in [0.05, 0.1) is 11.1 Å². The molecule has 1 aliphatic heterocycles. The number of carbonyl (C=O) groups excluding carboxylic acids is 2. The van der Waals surface area contributed by atoms with Crippen molar-refractivity contribution in [1.29, 1.82) is 0 Å². The van der Waals surface area contributed by atoms with Crippen molar-refractivity contribution < 1.29 is 40.7 Å². The molecule has 226 valence electrons. The van der Waals surface area contributed by atoms with Gasteiger partial charge in [0.1, 0.15) is 5.60 Å². The molecule has 0 aromatic heterocycles. The Balaban J connectivity index is 2.03. The van der Waals surface area contributed by atoms with E-state index in [1.807, 2.05) is 37.3 Å². The van der Waals surface area contributed by atoms with Crippen molar-refractivity contribution in [2.45, 2.75) is 90.5 Å². The van der Waals surface area contributed by atoms with Gasteiger partial charge in [-0.2, -0.15) is 26.3 Å². The number of likely N-dealkylation sites (tertiary alicyclic amines) is 1. The quantitative estimate of drug-likeness (QED) is 0.326. The van der Waals surface area contributed by atoms with Crippen molar-refractivity contribution in [3.8, 4) is 0 Å². The van der Waals surface area contributed by atoms with Crippen LogP contribution in [-0.4, -0.2) is 46.0 Å². The maximum Gasteiger partial charge on any atom is 0.416 e. The predicted octanol–water partition coefficient (Wildman–Crippen LogP) is 7.72. The Morgan fingerprint density at radius 3 is 1.95 bits per heavy atom. The molecule has 1 saturated heterocycles. The molecule has 0 saturated carbocycles. The fraction of sp³-hybridized carbons (Fsp3) is 0.533. The molecular formula is C30H36F6N2O3. The van der Waals surface area contributed by atoms with Gasteiger partial charge in [-0.1, -0.05) is 37.3 Å². The summed E-state index contributed by atoms with van der Waals surface area (Å²) < 4.78 is 86.8. The molecule has 0 radical (unpaired) electrons. The van der Waals surface area contributed by atoms with Crippen LogP contribution in [0.2, 0.25) is 0 Å². The van der Waals surface area contributed by atoms with Crippen LogP contribution in [0.5, 0.6) is 0 Å². The van der Waals surface area contributed by atoms with E-state index in [2.05, 4.69) is 0 Å². The number of alkyl halides is 6. The summed E-state index contributed by atoms with van der Waals surface area (Å²) in [6.07, 6.45) is -9.28. The molecular weight excluding hydrogens is 550 g/mol. The van der Waals surface area contributed by atoms with Crippen molar-refractivity contribution in [1.82, 2.24) is 9.80 Å². The van der Waals surface area contributed by atoms with E-state index in [0.29, 0.717) is 25.0 Å². The molecule has 2 amide bonds. The highest BCUT2D eigenvalue weighted by atomic mass is 19.4. The van der Waals surface area contributed by atoms with Crippen LogP contribution < -0.4 is 0 Å². The average Bonchev–Trinajstić information content (AvgIpc) is 2.85. The first-order valence-electron chi connectivity index (χ1n) is 13.5. The van der Waals surface area contributed by atoms with Crippen LogP contribution in [0.25, 0.3) is 0 Å². The van der Waals surface area contributed by atoms with Gasteiger partial charge in [-0.15, -0.1) is 0 Å². The Bertz CT molecular complexity index is 1180. The Morgan fingerprint density at radius 2 is 1.49 bits per heavy atom. The van der Waals surface area contributed by atoms with Crippen LogP contribution in [-0.2, 0) is 34.8 Å². The highest BCUT2D eigenvalue weighted by Gasteiger charge is 2.43. The van der Waals surface area contributed by atoms with E-state index in [1.54, 1.807) is 25.7 Å². The first kappa shape index (κ1) is 32.3. The minimum absolute atomic E-state index is 0.0756. The SMILES string of the molecule is CCC1CC(N(Cc2cc(C(F)(F)F)cc(C(F)(F)F)c2)C(C)=O)C(Cc2ccccc2)CN1C(=O)OC(C)(C)C. The van der Waals surface area contributed by atoms with Crippen LogP contribution >= 0.6 is 0 Å². The lowest BCUT2D eigenvalue weighted by Gasteiger charge is -2.48. The molecule has 3 rings (SSSR count). The minimum atomic E-state index is -5.00. The van der Waals surface area contributed by atoms with Gasteiger partial charge in [-0.25, -0.2) is 4.79 Å². The smallest absolute Gasteiger partial charge is 0.416 e. The molecule has 3 atom stereocenters. The van der Waals surface area contributed by atoms with Crippen LogP contribution in [0.3, 0.4) is 0 Å². The zero-order valence-corrected chi connectivity index (χ0v) is 23.8. The first-order chi connectivity index (χ1) is 18.9. The molecule has 0 aliphatic carbocycles. The maximum atomic E-state index is 13.5. The van der Waals surface area contributed by atoms with Gasteiger partial charge in [0.15, 0.2) is 0 Å². The predicted molar refractivity (Wildman–Crippen MR) is 142 cm³/mol. The van der Waals surface area contributed by atoms with E-state index in [4.69, 9.17) is 4.74 Å². The van der Waals surface area contributed by atoms with E-state index < -0.39 is 53.7 Å². The van der Waals surface area contributed by atoms with Gasteiger partial charge >= 0.3 is 18.4 Å². The summed E-state index contributed by atoms with van der Waals surface area (Å²) in [5.41, 5.74) is -2.96. The normalized spacial score (nSPS) is 20.1. The van der Waals surface area contributed by atoms with Gasteiger partial charge < -0.3 is 14.5 Å². The Labute approximate surface area is 236 Å². The summed E-state index contributed by atoms with van der Waals surface area (Å²) in [4.78, 5) is 29.1. The highest BCUT2D eigenvalue weighted by Crippen LogP contribution is 2.38. The molecule has 41 heavy (non-hydrogen) atoms. The fourth-order valence-electron chi connectivity index (χ4n) is 5.32. The zero-order valence-electron chi connectivity index (χ0n) is 23.8. The molecule has 3 unspecified atom stereocenters. The van der Waals surface area contributed by atoms with Crippen LogP contribution in [0.15, 0.2) is 48.5 Å². The number of hydrogen-bond acceptors (Lipinski definition) is 3. The Kier molecular flexibility index (Phi) is 9.70. The number of rotatable bonds is 6. The van der Waals surface area contributed by atoms with Gasteiger partial charge in [-0.3, -0.25) is 4.79 Å². The summed E-state index contributed by atoms with van der Waals surface area (Å²) in [5.74, 6) is -0.843. The second-order valence-corrected chi connectivity index (χ2v) is 11.5. The zero-order chi connectivity index (χ0) is 30.8. The van der Waals surface area contributed by atoms with Crippen LogP contribution in [0.4, 0.5) is 31.1 Å². The second-order valence-electron chi connectivity index (χ2n) is 11.5. The fourth-order valence-corrected chi connectivity index (χ4v) is 5.32. The van der Waals surface area contributed by atoms with Gasteiger partial charge in [0.25, 0.3) is 0 Å². The molecule has 0 bridgehead atoms. The summed E-state index contributed by atoms with van der Waals surface area (Å²) in [7, 11) is 0. The van der Waals surface area contributed by atoms with Crippen molar-refractivity contribution >= 4 is 12.0 Å². The monoisotopic (exact) mass is 586 g/mol. The van der Waals surface area contributed by atoms with Gasteiger partial charge in [-0.05, 0) is 69.4 Å². The summed E-state index contributed by atoms with van der Waals surface area (Å²) in [6.45, 7) is 8.13. The third-order valence-corrected chi connectivity index (χ3v) is 7.17. The maximum absolute atomic E-state index is 13.5. The molecule has 0 N–H and O–H groups in total. The van der Waals surface area contributed by atoms with Crippen LogP contribution in [0.1, 0.15) is 69.7 Å². The molecule has 2 aromatic rings. The van der Waals surface area contributed by atoms with E-state index in [0.717, 1.165) is 5.56 Å². The number of amides is 2. The number of carbonyl (C=O) groups is 2. The Morgan fingerprint density at radius 1 is 0.927 bits per heavy atom. The third kappa shape index (κ3) is 8.63. The molecule has 11 heteroatoms. The van der Waals surface area contributed by atoms with Crippen molar-refractivity contribution in [2.24, 2.45) is 5.92 Å². The number of halogens is 6. The van der Waals surface area contributed by atoms with E-state index in [-0.39, 0.29) is 36.6 Å². The second kappa shape index (κ2) is 12.3. The summed E-state index contributed by atoms with van der Waals surface area (Å²) >= 11 is 0. The van der Waals surface area contributed by atoms with E-state index in [9.17, 15) is 35.9 Å². The minimum Gasteiger partial charge on any atom is -0.444 e. The molecule has 5 nitrogen and oxygen atoms in total. The van der Waals surface area contributed by atoms with E-state index in [1.165, 1.54) is 11.8 Å². The summed E-state index contributed by atoms with van der Waals surface area (Å²) in [6, 6.07) is 9.80. The topological polar surface area (TPSA) is 49.9 Å². The lowest BCUT2D eigenvalue weighted by Crippen LogP contribution is -2.58. The largest absolute Gasteiger partial charge is 0.444 e. The van der Waals surface area contributed by atoms with Gasteiger partial charge in [0.2, 0.25) is 5.91 Å². The van der Waals surface area contributed by atoms with Crippen molar-refractivity contribution in [2.75, 3.05) is 6.54 Å². The lowest BCUT2D eigenvalue weighted by atomic mass is 9.81. The lowest BCUT2D eigenvalue weighted by molar-refractivity contribution is -0.143. The third-order valence-electron chi connectivity index (χ3n) is 7.17. The standard InChI is InChI=1S/C30H36F6N2O3/c1-6-25-16-26(22(12-20-10-8-7-9-11-20)18-38(25)27(40)41-28(3,4)5)37(19(2)39)17-21-13-23(29(31,32)33)15-24(14-21)30(34,35)36/h7-11,13-15,22,25-26H,6,12,16-18H2,1-5H3. The number of ether oxygens (including phenoxy) is 1. The molecule has 1 fully saturated rings. The summed E-state index contributed by atoms with van der Waals surface area (Å²) in [5, 5.41) is 0. The number of nitrogens with zero attached hydrogens (tertiary/aromatic N) is 2. The molecule has 1 heterocycles. The molecule has 1 aliphatic rings. The van der Waals surface area contributed by atoms with Gasteiger partial charge in [0, 0.05) is 38.0 Å². The van der Waals surface area contributed by atoms with E-state index >= 15 is 0 Å². The van der Waals surface area contributed by atoms with Crippen molar-refractivity contribution in [3.63, 3.8) is 0 Å². The van der Waals surface area contributed by atoms with Crippen LogP contribution in [0, 0.1) is 5.92 Å².